The molecule has 0 unspecified atom stereocenters. The van der Waals surface area contributed by atoms with Crippen molar-refractivity contribution in [2.75, 3.05) is 13.1 Å². The molecule has 2 fully saturated rings. The smallest absolute Gasteiger partial charge is 0.241 e. The summed E-state index contributed by atoms with van der Waals surface area (Å²) in [6.45, 7) is 1.91. The number of carbonyl (C=O) groups excluding carboxylic acids is 2. The predicted octanol–water partition coefficient (Wildman–Crippen LogP) is 4.18. The summed E-state index contributed by atoms with van der Waals surface area (Å²) in [4.78, 5) is 30.6. The van der Waals surface area contributed by atoms with Gasteiger partial charge in [-0.05, 0) is 29.5 Å². The third-order valence-corrected chi connectivity index (χ3v) is 7.40. The van der Waals surface area contributed by atoms with E-state index < -0.39 is 5.66 Å². The van der Waals surface area contributed by atoms with Crippen molar-refractivity contribution in [2.45, 2.75) is 50.4 Å². The Hall–Kier alpha value is -3.44. The standard InChI is InChI=1S/C30H33N3O2/c34-28(17-16-24-10-4-1-5-11-24)32-20-18-30(19-21-32)31-27(22-25-12-6-2-7-13-25)29(35)33(30)23-26-14-8-3-9-15-26/h1-15,27,31H,16-23H2/t27-/m0/s1. The van der Waals surface area contributed by atoms with Crippen LogP contribution in [-0.4, -0.2) is 46.4 Å². The Balaban J connectivity index is 1.28. The van der Waals surface area contributed by atoms with E-state index in [4.69, 9.17) is 0 Å². The number of benzene rings is 3. The summed E-state index contributed by atoms with van der Waals surface area (Å²) in [7, 11) is 0. The highest BCUT2D eigenvalue weighted by molar-refractivity contribution is 5.85. The molecule has 2 saturated heterocycles. The highest BCUT2D eigenvalue weighted by Gasteiger charge is 2.51. The number of carbonyl (C=O) groups is 2. The minimum Gasteiger partial charge on any atom is -0.342 e. The van der Waals surface area contributed by atoms with E-state index in [1.807, 2.05) is 64.4 Å². The fourth-order valence-electron chi connectivity index (χ4n) is 5.44. The van der Waals surface area contributed by atoms with Crippen molar-refractivity contribution in [3.8, 4) is 0 Å². The molecule has 2 aliphatic heterocycles. The fraction of sp³-hybridized carbons (Fsp3) is 0.333. The van der Waals surface area contributed by atoms with Crippen LogP contribution in [0.2, 0.25) is 0 Å². The van der Waals surface area contributed by atoms with Gasteiger partial charge in [0.2, 0.25) is 11.8 Å². The van der Waals surface area contributed by atoms with Crippen molar-refractivity contribution in [3.05, 3.63) is 108 Å². The van der Waals surface area contributed by atoms with Crippen molar-refractivity contribution in [2.24, 2.45) is 0 Å². The molecule has 5 heteroatoms. The Morgan fingerprint density at radius 2 is 1.34 bits per heavy atom. The first-order valence-corrected chi connectivity index (χ1v) is 12.6. The summed E-state index contributed by atoms with van der Waals surface area (Å²) in [5.41, 5.74) is 3.06. The molecule has 0 radical (unpaired) electrons. The Bertz CT molecular complexity index is 1130. The molecule has 180 valence electrons. The van der Waals surface area contributed by atoms with Crippen LogP contribution >= 0.6 is 0 Å². The summed E-state index contributed by atoms with van der Waals surface area (Å²) in [6, 6.07) is 30.3. The number of rotatable bonds is 7. The van der Waals surface area contributed by atoms with E-state index in [0.29, 0.717) is 32.5 Å². The SMILES string of the molecule is O=C(CCc1ccccc1)N1CCC2(CC1)N[C@@H](Cc1ccccc1)C(=O)N2Cc1ccccc1. The first-order valence-electron chi connectivity index (χ1n) is 12.6. The zero-order chi connectivity index (χ0) is 24.1. The largest absolute Gasteiger partial charge is 0.342 e. The van der Waals surface area contributed by atoms with Crippen LogP contribution in [0, 0.1) is 0 Å². The average molecular weight is 468 g/mol. The van der Waals surface area contributed by atoms with Crippen LogP contribution in [0.25, 0.3) is 0 Å². The molecule has 1 spiro atoms. The molecule has 1 atom stereocenters. The lowest BCUT2D eigenvalue weighted by atomic mass is 9.94. The molecule has 0 saturated carbocycles. The third kappa shape index (κ3) is 5.30. The maximum atomic E-state index is 13.6. The van der Waals surface area contributed by atoms with E-state index >= 15 is 0 Å². The van der Waals surface area contributed by atoms with Gasteiger partial charge >= 0.3 is 0 Å². The van der Waals surface area contributed by atoms with Gasteiger partial charge in [-0.1, -0.05) is 91.0 Å². The zero-order valence-corrected chi connectivity index (χ0v) is 20.1. The van der Waals surface area contributed by atoms with Crippen LogP contribution in [0.1, 0.15) is 36.0 Å². The Morgan fingerprint density at radius 1 is 0.800 bits per heavy atom. The van der Waals surface area contributed by atoms with E-state index in [0.717, 1.165) is 30.4 Å². The second-order valence-electron chi connectivity index (χ2n) is 9.69. The van der Waals surface area contributed by atoms with E-state index in [1.165, 1.54) is 5.56 Å². The molecule has 2 heterocycles. The number of piperidine rings is 1. The minimum atomic E-state index is -0.414. The van der Waals surface area contributed by atoms with Gasteiger partial charge < -0.3 is 9.80 Å². The molecule has 35 heavy (non-hydrogen) atoms. The van der Waals surface area contributed by atoms with Gasteiger partial charge in [-0.2, -0.15) is 0 Å². The Morgan fingerprint density at radius 3 is 1.94 bits per heavy atom. The van der Waals surface area contributed by atoms with Gasteiger partial charge in [-0.15, -0.1) is 0 Å². The summed E-state index contributed by atoms with van der Waals surface area (Å²) in [5, 5.41) is 3.73. The summed E-state index contributed by atoms with van der Waals surface area (Å²) in [5.74, 6) is 0.352. The number of aryl methyl sites for hydroxylation is 1. The first-order chi connectivity index (χ1) is 17.1. The van der Waals surface area contributed by atoms with Crippen LogP contribution < -0.4 is 5.32 Å². The van der Waals surface area contributed by atoms with Crippen molar-refractivity contribution in [1.82, 2.24) is 15.1 Å². The van der Waals surface area contributed by atoms with Gasteiger partial charge in [0.25, 0.3) is 0 Å². The lowest BCUT2D eigenvalue weighted by Crippen LogP contribution is -2.59. The normalized spacial score (nSPS) is 19.3. The van der Waals surface area contributed by atoms with Crippen LogP contribution in [0.15, 0.2) is 91.0 Å². The molecule has 0 aromatic heterocycles. The molecular weight excluding hydrogens is 434 g/mol. The molecular formula is C30H33N3O2. The van der Waals surface area contributed by atoms with Crippen molar-refractivity contribution < 1.29 is 9.59 Å². The van der Waals surface area contributed by atoms with Crippen molar-refractivity contribution in [1.29, 1.82) is 0 Å². The maximum absolute atomic E-state index is 13.6. The van der Waals surface area contributed by atoms with E-state index in [2.05, 4.69) is 41.7 Å². The van der Waals surface area contributed by atoms with Gasteiger partial charge in [0.1, 0.15) is 0 Å². The molecule has 5 nitrogen and oxygen atoms in total. The number of likely N-dealkylation sites (tertiary alicyclic amines) is 1. The quantitative estimate of drug-likeness (QED) is 0.567. The zero-order valence-electron chi connectivity index (χ0n) is 20.1. The van der Waals surface area contributed by atoms with E-state index in [1.54, 1.807) is 0 Å². The second kappa shape index (κ2) is 10.4. The highest BCUT2D eigenvalue weighted by Crippen LogP contribution is 2.35. The lowest BCUT2D eigenvalue weighted by Gasteiger charge is -2.44. The molecule has 3 aromatic rings. The van der Waals surface area contributed by atoms with Crippen LogP contribution in [0.3, 0.4) is 0 Å². The van der Waals surface area contributed by atoms with E-state index in [9.17, 15) is 9.59 Å². The number of amides is 2. The number of nitrogens with zero attached hydrogens (tertiary/aromatic N) is 2. The van der Waals surface area contributed by atoms with Gasteiger partial charge in [0.05, 0.1) is 11.7 Å². The highest BCUT2D eigenvalue weighted by atomic mass is 16.2. The minimum absolute atomic E-state index is 0.154. The van der Waals surface area contributed by atoms with Gasteiger partial charge in [-0.3, -0.25) is 14.9 Å². The number of hydrogen-bond donors (Lipinski definition) is 1. The van der Waals surface area contributed by atoms with Crippen molar-refractivity contribution >= 4 is 11.8 Å². The monoisotopic (exact) mass is 467 g/mol. The van der Waals surface area contributed by atoms with E-state index in [-0.39, 0.29) is 17.9 Å². The molecule has 2 aliphatic rings. The number of nitrogens with one attached hydrogen (secondary N) is 1. The predicted molar refractivity (Wildman–Crippen MR) is 137 cm³/mol. The lowest BCUT2D eigenvalue weighted by molar-refractivity contribution is -0.137. The van der Waals surface area contributed by atoms with Crippen LogP contribution in [0.4, 0.5) is 0 Å². The van der Waals surface area contributed by atoms with Crippen LogP contribution in [0.5, 0.6) is 0 Å². The van der Waals surface area contributed by atoms with Gasteiger partial charge in [0.15, 0.2) is 0 Å². The number of hydrogen-bond acceptors (Lipinski definition) is 3. The molecule has 0 aliphatic carbocycles. The Labute approximate surface area is 207 Å². The first kappa shape index (κ1) is 23.3. The second-order valence-corrected chi connectivity index (χ2v) is 9.69. The van der Waals surface area contributed by atoms with Gasteiger partial charge in [0, 0.05) is 38.9 Å². The molecule has 0 bridgehead atoms. The summed E-state index contributed by atoms with van der Waals surface area (Å²) < 4.78 is 0. The third-order valence-electron chi connectivity index (χ3n) is 7.40. The summed E-state index contributed by atoms with van der Waals surface area (Å²) >= 11 is 0. The topological polar surface area (TPSA) is 52.7 Å². The van der Waals surface area contributed by atoms with Crippen molar-refractivity contribution in [3.63, 3.8) is 0 Å². The molecule has 2 amide bonds. The molecule has 3 aromatic carbocycles. The molecule has 1 N–H and O–H groups in total. The molecule has 5 rings (SSSR count). The Kier molecular flexibility index (Phi) is 6.96. The van der Waals surface area contributed by atoms with Gasteiger partial charge in [-0.25, -0.2) is 0 Å². The van der Waals surface area contributed by atoms with Crippen LogP contribution in [-0.2, 0) is 29.0 Å². The fourth-order valence-corrected chi connectivity index (χ4v) is 5.44. The summed E-state index contributed by atoms with van der Waals surface area (Å²) in [6.07, 6.45) is 3.44. The average Bonchev–Trinajstić information content (AvgIpc) is 3.14. The maximum Gasteiger partial charge on any atom is 0.241 e.